The zero-order valence-corrected chi connectivity index (χ0v) is 14.1. The van der Waals surface area contributed by atoms with Crippen LogP contribution in [0.5, 0.6) is 0 Å². The van der Waals surface area contributed by atoms with Gasteiger partial charge in [-0.15, -0.1) is 0 Å². The van der Waals surface area contributed by atoms with E-state index in [1.807, 2.05) is 24.3 Å². The second kappa shape index (κ2) is 5.53. The number of carbonyl (C=O) groups excluding carboxylic acids is 1. The van der Waals surface area contributed by atoms with Gasteiger partial charge in [-0.25, -0.2) is 13.6 Å². The Morgan fingerprint density at radius 2 is 1.54 bits per heavy atom. The molecule has 0 heterocycles. The summed E-state index contributed by atoms with van der Waals surface area (Å²) in [5, 5.41) is 2.75. The number of nitrogens with one attached hydrogen (secondary N) is 1. The topological polar surface area (TPSA) is 38.3 Å². The van der Waals surface area contributed by atoms with Crippen LogP contribution < -0.4 is 5.32 Å². The molecule has 26 heavy (non-hydrogen) atoms. The molecular weight excluding hydrogens is 336 g/mol. The van der Waals surface area contributed by atoms with Gasteiger partial charge in [0.1, 0.15) is 6.61 Å². The van der Waals surface area contributed by atoms with Crippen LogP contribution in [0.3, 0.4) is 0 Å². The van der Waals surface area contributed by atoms with E-state index < -0.39 is 23.9 Å². The van der Waals surface area contributed by atoms with E-state index in [0.29, 0.717) is 12.8 Å². The number of amides is 1. The second-order valence-electron chi connectivity index (χ2n) is 7.53. The molecule has 2 aromatic carbocycles. The minimum Gasteiger partial charge on any atom is -0.449 e. The molecule has 1 amide bonds. The Morgan fingerprint density at radius 1 is 1.00 bits per heavy atom. The summed E-state index contributed by atoms with van der Waals surface area (Å²) in [6.45, 7) is 0.246. The Kier molecular flexibility index (Phi) is 3.36. The minimum atomic E-state index is -2.51. The Labute approximate surface area is 150 Å². The molecule has 0 bridgehead atoms. The van der Waals surface area contributed by atoms with Crippen LogP contribution in [0, 0.1) is 11.8 Å². The van der Waals surface area contributed by atoms with Crippen molar-refractivity contribution in [2.45, 2.75) is 30.7 Å². The smallest absolute Gasteiger partial charge is 0.407 e. The van der Waals surface area contributed by atoms with Crippen molar-refractivity contribution in [3.63, 3.8) is 0 Å². The van der Waals surface area contributed by atoms with Crippen molar-refractivity contribution in [1.29, 1.82) is 0 Å². The number of ether oxygens (including phenoxy) is 1. The van der Waals surface area contributed by atoms with Gasteiger partial charge in [-0.1, -0.05) is 48.5 Å². The van der Waals surface area contributed by atoms with Gasteiger partial charge in [-0.05, 0) is 35.1 Å². The molecule has 2 saturated carbocycles. The number of benzene rings is 2. The fourth-order valence-electron chi connectivity index (χ4n) is 4.74. The number of hydrogen-bond acceptors (Lipinski definition) is 2. The highest BCUT2D eigenvalue weighted by atomic mass is 19.3. The molecule has 0 aliphatic heterocycles. The Morgan fingerprint density at radius 3 is 2.12 bits per heavy atom. The first-order valence-corrected chi connectivity index (χ1v) is 9.05. The highest BCUT2D eigenvalue weighted by molar-refractivity contribution is 5.79. The number of alkyl carbamates (subject to hydrolysis) is 1. The molecule has 3 aliphatic rings. The van der Waals surface area contributed by atoms with Gasteiger partial charge in [-0.2, -0.15) is 0 Å². The maximum atomic E-state index is 13.2. The number of alkyl halides is 2. The predicted octanol–water partition coefficient (Wildman–Crippen LogP) is 4.57. The maximum Gasteiger partial charge on any atom is 0.407 e. The van der Waals surface area contributed by atoms with E-state index in [1.165, 1.54) is 11.1 Å². The van der Waals surface area contributed by atoms with Crippen LogP contribution in [0.25, 0.3) is 11.1 Å². The van der Waals surface area contributed by atoms with Gasteiger partial charge in [0.15, 0.2) is 0 Å². The van der Waals surface area contributed by atoms with Gasteiger partial charge in [0.05, 0.1) is 0 Å². The zero-order valence-electron chi connectivity index (χ0n) is 14.1. The van der Waals surface area contributed by atoms with Gasteiger partial charge >= 0.3 is 6.09 Å². The second-order valence-corrected chi connectivity index (χ2v) is 7.53. The molecule has 0 saturated heterocycles. The van der Waals surface area contributed by atoms with Crippen molar-refractivity contribution >= 4 is 6.09 Å². The van der Waals surface area contributed by atoms with E-state index in [-0.39, 0.29) is 18.6 Å². The molecule has 0 spiro atoms. The molecule has 134 valence electrons. The molecule has 1 N–H and O–H groups in total. The maximum absolute atomic E-state index is 13.2. The van der Waals surface area contributed by atoms with Crippen LogP contribution in [0.1, 0.15) is 29.9 Å². The first-order valence-electron chi connectivity index (χ1n) is 9.05. The molecule has 2 fully saturated rings. The summed E-state index contributed by atoms with van der Waals surface area (Å²) in [4.78, 5) is 12.1. The largest absolute Gasteiger partial charge is 0.449 e. The Balaban J connectivity index is 1.24. The summed E-state index contributed by atoms with van der Waals surface area (Å²) in [6, 6.07) is 16.1. The molecule has 0 radical (unpaired) electrons. The summed E-state index contributed by atoms with van der Waals surface area (Å²) in [6.07, 6.45) is 0.186. The lowest BCUT2D eigenvalue weighted by Gasteiger charge is -2.18. The first-order chi connectivity index (χ1) is 12.6. The average Bonchev–Trinajstić information content (AvgIpc) is 3.01. The van der Waals surface area contributed by atoms with Crippen molar-refractivity contribution in [3.05, 3.63) is 59.7 Å². The van der Waals surface area contributed by atoms with Crippen LogP contribution >= 0.6 is 0 Å². The van der Waals surface area contributed by atoms with Crippen molar-refractivity contribution in [3.8, 4) is 11.1 Å². The molecule has 5 rings (SSSR count). The van der Waals surface area contributed by atoms with Crippen LogP contribution in [0.2, 0.25) is 0 Å². The molecule has 2 unspecified atom stereocenters. The van der Waals surface area contributed by atoms with Crippen LogP contribution in [0.15, 0.2) is 48.5 Å². The van der Waals surface area contributed by atoms with Gasteiger partial charge < -0.3 is 10.1 Å². The van der Waals surface area contributed by atoms with Crippen LogP contribution in [-0.2, 0) is 4.74 Å². The number of fused-ring (bicyclic) bond motifs is 4. The van der Waals surface area contributed by atoms with Gasteiger partial charge in [0, 0.05) is 23.8 Å². The molecule has 0 aromatic heterocycles. The number of carbonyl (C=O) groups is 1. The SMILES string of the molecule is O=C(NC1CC2C(C1)C2(F)F)OCC1c2ccccc2-c2ccccc21. The van der Waals surface area contributed by atoms with E-state index in [2.05, 4.69) is 29.6 Å². The summed E-state index contributed by atoms with van der Waals surface area (Å²) >= 11 is 0. The first kappa shape index (κ1) is 15.8. The fourth-order valence-corrected chi connectivity index (χ4v) is 4.74. The van der Waals surface area contributed by atoms with Crippen molar-refractivity contribution < 1.29 is 18.3 Å². The summed E-state index contributed by atoms with van der Waals surface area (Å²) in [7, 11) is 0. The summed E-state index contributed by atoms with van der Waals surface area (Å²) in [5.41, 5.74) is 4.66. The number of rotatable bonds is 3. The van der Waals surface area contributed by atoms with Gasteiger partial charge in [0.25, 0.3) is 5.92 Å². The van der Waals surface area contributed by atoms with Crippen molar-refractivity contribution in [2.75, 3.05) is 6.61 Å². The number of halogens is 2. The molecule has 3 nitrogen and oxygen atoms in total. The van der Waals surface area contributed by atoms with Crippen LogP contribution in [0.4, 0.5) is 13.6 Å². The van der Waals surface area contributed by atoms with E-state index in [9.17, 15) is 13.6 Å². The van der Waals surface area contributed by atoms with E-state index in [4.69, 9.17) is 4.74 Å². The van der Waals surface area contributed by atoms with E-state index >= 15 is 0 Å². The average molecular weight is 355 g/mol. The highest BCUT2D eigenvalue weighted by Crippen LogP contribution is 2.64. The highest BCUT2D eigenvalue weighted by Gasteiger charge is 2.71. The van der Waals surface area contributed by atoms with E-state index in [0.717, 1.165) is 11.1 Å². The predicted molar refractivity (Wildman–Crippen MR) is 93.2 cm³/mol. The monoisotopic (exact) mass is 355 g/mol. The molecule has 2 atom stereocenters. The lowest BCUT2D eigenvalue weighted by molar-refractivity contribution is 0.0659. The third-order valence-electron chi connectivity index (χ3n) is 6.11. The zero-order chi connectivity index (χ0) is 17.9. The summed E-state index contributed by atoms with van der Waals surface area (Å²) in [5.74, 6) is -3.61. The Bertz CT molecular complexity index is 822. The summed E-state index contributed by atoms with van der Waals surface area (Å²) < 4.78 is 32.0. The Hall–Kier alpha value is -2.43. The van der Waals surface area contributed by atoms with Crippen LogP contribution in [-0.4, -0.2) is 24.7 Å². The molecular formula is C21H19F2NO2. The standard InChI is InChI=1S/C21H19F2NO2/c22-21(23)18-9-12(10-19(18)21)24-20(25)26-11-17-15-7-3-1-5-13(15)14-6-2-4-8-16(14)17/h1-8,12,17-19H,9-11H2,(H,24,25). The third kappa shape index (κ3) is 2.33. The van der Waals surface area contributed by atoms with Crippen molar-refractivity contribution in [2.24, 2.45) is 11.8 Å². The normalized spacial score (nSPS) is 27.4. The van der Waals surface area contributed by atoms with Crippen molar-refractivity contribution in [1.82, 2.24) is 5.32 Å². The fraction of sp³-hybridized carbons (Fsp3) is 0.381. The molecule has 3 aliphatic carbocycles. The minimum absolute atomic E-state index is 0.00876. The molecule has 5 heteroatoms. The van der Waals surface area contributed by atoms with E-state index in [1.54, 1.807) is 0 Å². The molecule has 2 aromatic rings. The third-order valence-corrected chi connectivity index (χ3v) is 6.11. The van der Waals surface area contributed by atoms with Gasteiger partial charge in [0.2, 0.25) is 0 Å². The quantitative estimate of drug-likeness (QED) is 0.876. The lowest BCUT2D eigenvalue weighted by atomic mass is 9.98. The lowest BCUT2D eigenvalue weighted by Crippen LogP contribution is -2.36. The van der Waals surface area contributed by atoms with Gasteiger partial charge in [-0.3, -0.25) is 0 Å². The number of hydrogen-bond donors (Lipinski definition) is 1.